The lowest BCUT2D eigenvalue weighted by Crippen LogP contribution is -2.57. The number of carbonyl (C=O) groups is 2. The molecule has 6 rings (SSSR count). The summed E-state index contributed by atoms with van der Waals surface area (Å²) in [6.07, 6.45) is 0.762. The topological polar surface area (TPSA) is 140 Å². The van der Waals surface area contributed by atoms with Crippen molar-refractivity contribution >= 4 is 39.0 Å². The van der Waals surface area contributed by atoms with E-state index in [1.54, 1.807) is 62.1 Å². The molecule has 0 unspecified atom stereocenters. The van der Waals surface area contributed by atoms with Crippen molar-refractivity contribution in [3.05, 3.63) is 94.5 Å². The van der Waals surface area contributed by atoms with E-state index < -0.39 is 21.7 Å². The maximum absolute atomic E-state index is 13.8. The highest BCUT2D eigenvalue weighted by Crippen LogP contribution is 2.35. The summed E-state index contributed by atoms with van der Waals surface area (Å²) >= 11 is 1.44. The number of likely N-dealkylation sites (tertiary alicyclic amines) is 2. The molecule has 12 nitrogen and oxygen atoms in total. The van der Waals surface area contributed by atoms with Crippen LogP contribution in [0.3, 0.4) is 0 Å². The second kappa shape index (κ2) is 15.3. The molecule has 2 amide bonds. The lowest BCUT2D eigenvalue weighted by atomic mass is 9.89. The minimum Gasteiger partial charge on any atom is -0.485 e. The number of carbonyl (C=O) groups excluding carboxylic acids is 2. The van der Waals surface area contributed by atoms with Crippen LogP contribution in [-0.2, 0) is 25.9 Å². The zero-order valence-corrected chi connectivity index (χ0v) is 32.6. The van der Waals surface area contributed by atoms with Gasteiger partial charge in [0.25, 0.3) is 11.1 Å². The number of nitrogens with one attached hydrogen (secondary N) is 1. The Bertz CT molecular complexity index is 2010. The molecule has 0 saturated carbocycles. The highest BCUT2D eigenvalue weighted by atomic mass is 32.2. The number of anilines is 1. The zero-order valence-electron chi connectivity index (χ0n) is 31.0. The average molecular weight is 762 g/mol. The molecule has 3 aromatic carbocycles. The first-order chi connectivity index (χ1) is 25.0. The molecule has 2 saturated heterocycles. The fourth-order valence-electron chi connectivity index (χ4n) is 6.07. The van der Waals surface area contributed by atoms with E-state index in [1.807, 2.05) is 18.2 Å². The van der Waals surface area contributed by atoms with Gasteiger partial charge in [0.05, 0.1) is 24.5 Å². The molecule has 0 bridgehead atoms. The third-order valence-corrected chi connectivity index (χ3v) is 11.3. The fraction of sp³-hybridized carbons (Fsp3) is 0.436. The first kappa shape index (κ1) is 38.0. The summed E-state index contributed by atoms with van der Waals surface area (Å²) in [6, 6.07) is 21.7. The smallest absolute Gasteiger partial charge is 0.410 e. The van der Waals surface area contributed by atoms with E-state index in [9.17, 15) is 18.0 Å². The molecule has 282 valence electrons. The quantitative estimate of drug-likeness (QED) is 0.173. The normalized spacial score (nSPS) is 15.8. The van der Waals surface area contributed by atoms with Gasteiger partial charge in [0.1, 0.15) is 28.2 Å². The second-order valence-electron chi connectivity index (χ2n) is 15.5. The van der Waals surface area contributed by atoms with Crippen LogP contribution < -0.4 is 14.2 Å². The number of sulfonamides is 1. The summed E-state index contributed by atoms with van der Waals surface area (Å²) in [5, 5.41) is 9.85. The fourth-order valence-corrected chi connectivity index (χ4v) is 8.04. The summed E-state index contributed by atoms with van der Waals surface area (Å²) in [4.78, 5) is 29.6. The third-order valence-electron chi connectivity index (χ3n) is 8.87. The van der Waals surface area contributed by atoms with Gasteiger partial charge in [-0.05, 0) is 81.0 Å². The summed E-state index contributed by atoms with van der Waals surface area (Å²) in [7, 11) is -3.86. The summed E-state index contributed by atoms with van der Waals surface area (Å²) in [5.74, 6) is 0.814. The molecular formula is C39H47N5O7S2. The van der Waals surface area contributed by atoms with Crippen LogP contribution in [0.1, 0.15) is 86.8 Å². The van der Waals surface area contributed by atoms with Crippen LogP contribution in [0.25, 0.3) is 0 Å². The molecule has 0 atom stereocenters. The number of amides is 2. The molecule has 2 aliphatic heterocycles. The average Bonchev–Trinajstić information content (AvgIpc) is 3.55. The number of hydrogen-bond donors (Lipinski definition) is 1. The SMILES string of the molecule is CC(C)(C)OC(=O)N1CC(Oc2ccc(C(=O)N3CCC(c4ccc(Oc5nnc(C(C)(C)C)s5)cc4)CC3)cc2NS(=O)(=O)Cc2ccccc2)C1. The van der Waals surface area contributed by atoms with Crippen LogP contribution in [0.15, 0.2) is 72.8 Å². The van der Waals surface area contributed by atoms with E-state index in [0.717, 1.165) is 17.8 Å². The Morgan fingerprint density at radius 1 is 0.887 bits per heavy atom. The monoisotopic (exact) mass is 761 g/mol. The van der Waals surface area contributed by atoms with Gasteiger partial charge in [-0.25, -0.2) is 13.2 Å². The summed E-state index contributed by atoms with van der Waals surface area (Å²) in [5.41, 5.74) is 1.61. The highest BCUT2D eigenvalue weighted by molar-refractivity contribution is 7.91. The van der Waals surface area contributed by atoms with Crippen molar-refractivity contribution in [2.24, 2.45) is 0 Å². The molecule has 3 heterocycles. The minimum atomic E-state index is -3.86. The lowest BCUT2D eigenvalue weighted by Gasteiger charge is -2.39. The molecule has 4 aromatic rings. The Kier molecular flexibility index (Phi) is 11.0. The molecule has 53 heavy (non-hydrogen) atoms. The Morgan fingerprint density at radius 3 is 2.19 bits per heavy atom. The molecule has 14 heteroatoms. The third kappa shape index (κ3) is 10.0. The number of piperidine rings is 1. The van der Waals surface area contributed by atoms with Crippen LogP contribution >= 0.6 is 11.3 Å². The lowest BCUT2D eigenvalue weighted by molar-refractivity contribution is -0.0219. The number of ether oxygens (including phenoxy) is 3. The van der Waals surface area contributed by atoms with E-state index >= 15 is 0 Å². The van der Waals surface area contributed by atoms with Crippen molar-refractivity contribution in [3.8, 4) is 16.7 Å². The van der Waals surface area contributed by atoms with E-state index in [2.05, 4.69) is 47.8 Å². The number of benzene rings is 3. The van der Waals surface area contributed by atoms with Gasteiger partial charge < -0.3 is 24.0 Å². The molecular weight excluding hydrogens is 715 g/mol. The van der Waals surface area contributed by atoms with Gasteiger partial charge in [-0.3, -0.25) is 9.52 Å². The number of rotatable bonds is 10. The van der Waals surface area contributed by atoms with Crippen molar-refractivity contribution in [2.45, 2.75) is 83.2 Å². The second-order valence-corrected chi connectivity index (χ2v) is 18.2. The van der Waals surface area contributed by atoms with E-state index in [1.165, 1.54) is 27.9 Å². The Balaban J connectivity index is 1.10. The van der Waals surface area contributed by atoms with Crippen LogP contribution in [-0.4, -0.2) is 78.3 Å². The van der Waals surface area contributed by atoms with Crippen LogP contribution in [0.4, 0.5) is 10.5 Å². The molecule has 2 fully saturated rings. The van der Waals surface area contributed by atoms with Crippen molar-refractivity contribution in [1.29, 1.82) is 0 Å². The number of hydrogen-bond acceptors (Lipinski definition) is 10. The molecule has 1 N–H and O–H groups in total. The zero-order chi connectivity index (χ0) is 38.0. The maximum Gasteiger partial charge on any atom is 0.410 e. The first-order valence-corrected chi connectivity index (χ1v) is 20.2. The maximum atomic E-state index is 13.8. The van der Waals surface area contributed by atoms with Crippen LogP contribution in [0.5, 0.6) is 16.7 Å². The van der Waals surface area contributed by atoms with Gasteiger partial charge in [0, 0.05) is 24.1 Å². The summed E-state index contributed by atoms with van der Waals surface area (Å²) < 4.78 is 46.9. The van der Waals surface area contributed by atoms with Crippen molar-refractivity contribution in [2.75, 3.05) is 30.9 Å². The van der Waals surface area contributed by atoms with E-state index in [4.69, 9.17) is 14.2 Å². The molecule has 0 aliphatic carbocycles. The summed E-state index contributed by atoms with van der Waals surface area (Å²) in [6.45, 7) is 13.4. The van der Waals surface area contributed by atoms with Crippen molar-refractivity contribution < 1.29 is 32.2 Å². The van der Waals surface area contributed by atoms with Gasteiger partial charge in [-0.2, -0.15) is 0 Å². The van der Waals surface area contributed by atoms with Gasteiger partial charge in [-0.15, -0.1) is 5.10 Å². The minimum absolute atomic E-state index is 0.0933. The number of nitrogens with zero attached hydrogens (tertiary/aromatic N) is 4. The highest BCUT2D eigenvalue weighted by Gasteiger charge is 2.36. The van der Waals surface area contributed by atoms with Gasteiger partial charge in [0.15, 0.2) is 0 Å². The van der Waals surface area contributed by atoms with Crippen LogP contribution in [0.2, 0.25) is 0 Å². The predicted octanol–water partition coefficient (Wildman–Crippen LogP) is 7.59. The largest absolute Gasteiger partial charge is 0.485 e. The molecule has 0 spiro atoms. The van der Waals surface area contributed by atoms with Crippen LogP contribution in [0, 0.1) is 0 Å². The van der Waals surface area contributed by atoms with Gasteiger partial charge >= 0.3 is 6.09 Å². The van der Waals surface area contributed by atoms with E-state index in [-0.39, 0.29) is 53.6 Å². The first-order valence-electron chi connectivity index (χ1n) is 17.8. The Morgan fingerprint density at radius 2 is 1.57 bits per heavy atom. The Labute approximate surface area is 315 Å². The van der Waals surface area contributed by atoms with E-state index in [0.29, 0.717) is 35.2 Å². The molecule has 0 radical (unpaired) electrons. The molecule has 1 aromatic heterocycles. The van der Waals surface area contributed by atoms with Crippen molar-refractivity contribution in [1.82, 2.24) is 20.0 Å². The van der Waals surface area contributed by atoms with Gasteiger partial charge in [0.2, 0.25) is 10.0 Å². The van der Waals surface area contributed by atoms with Gasteiger partial charge in [-0.1, -0.05) is 79.7 Å². The van der Waals surface area contributed by atoms with Crippen molar-refractivity contribution in [3.63, 3.8) is 0 Å². The molecule has 2 aliphatic rings. The Hall–Kier alpha value is -4.69. The standard InChI is InChI=1S/C39H47N5O7S2/c1-38(2,3)35-40-41-36(52-35)50-30-15-12-27(13-16-30)28-18-20-43(21-19-28)34(45)29-14-17-33(49-31-23-44(24-31)37(46)51-39(4,5)6)32(22-29)42-53(47,48)25-26-10-8-7-9-11-26/h7-17,22,28,31,42H,18-21,23-25H2,1-6H3. The number of aromatic nitrogens is 2. The predicted molar refractivity (Wildman–Crippen MR) is 204 cm³/mol.